The zero-order valence-electron chi connectivity index (χ0n) is 7.33. The molecule has 1 saturated heterocycles. The van der Waals surface area contributed by atoms with Gasteiger partial charge in [0.25, 0.3) is 0 Å². The minimum atomic E-state index is -0.388. The van der Waals surface area contributed by atoms with E-state index in [1.807, 2.05) is 0 Å². The molecule has 1 aliphatic rings. The molecule has 0 aromatic carbocycles. The fourth-order valence-electron chi connectivity index (χ4n) is 1.59. The van der Waals surface area contributed by atoms with Gasteiger partial charge in [-0.3, -0.25) is 9.59 Å². The second kappa shape index (κ2) is 4.60. The maximum absolute atomic E-state index is 11.4. The molecule has 2 amide bonds. The molecule has 0 aromatic heterocycles. The van der Waals surface area contributed by atoms with Crippen LogP contribution < -0.4 is 5.73 Å². The van der Waals surface area contributed by atoms with E-state index in [2.05, 4.69) is 15.9 Å². The molecule has 0 unspecified atom stereocenters. The molecule has 0 spiro atoms. The van der Waals surface area contributed by atoms with Crippen molar-refractivity contribution in [2.75, 3.05) is 11.9 Å². The number of alkyl halides is 1. The van der Waals surface area contributed by atoms with Gasteiger partial charge in [0.05, 0.1) is 0 Å². The van der Waals surface area contributed by atoms with Crippen LogP contribution in [0.25, 0.3) is 0 Å². The molecular formula is C8H13BrN2O2. The highest BCUT2D eigenvalue weighted by atomic mass is 79.9. The average Bonchev–Trinajstić information content (AvgIpc) is 2.52. The molecule has 1 atom stereocenters. The van der Waals surface area contributed by atoms with Gasteiger partial charge in [0.15, 0.2) is 0 Å². The minimum Gasteiger partial charge on any atom is -0.368 e. The molecular weight excluding hydrogens is 236 g/mol. The summed E-state index contributed by atoms with van der Waals surface area (Å²) in [6.07, 6.45) is 2.02. The Kier molecular flexibility index (Phi) is 3.71. The van der Waals surface area contributed by atoms with E-state index < -0.39 is 0 Å². The Morgan fingerprint density at radius 2 is 2.23 bits per heavy atom. The van der Waals surface area contributed by atoms with E-state index in [4.69, 9.17) is 5.73 Å². The zero-order valence-corrected chi connectivity index (χ0v) is 8.92. The van der Waals surface area contributed by atoms with Gasteiger partial charge in [0.1, 0.15) is 6.04 Å². The minimum absolute atomic E-state index is 0.0122. The lowest BCUT2D eigenvalue weighted by Crippen LogP contribution is -2.43. The van der Waals surface area contributed by atoms with E-state index in [1.54, 1.807) is 4.90 Å². The molecule has 0 bridgehead atoms. The number of nitrogens with two attached hydrogens (primary N) is 1. The standard InChI is InChI=1S/C8H13BrN2O2/c9-4-3-7(12)11-5-1-2-6(11)8(10)13/h6H,1-5H2,(H2,10,13)/t6-/m0/s1. The van der Waals surface area contributed by atoms with E-state index in [1.165, 1.54) is 0 Å². The first-order chi connectivity index (χ1) is 6.16. The number of hydrogen-bond acceptors (Lipinski definition) is 2. The molecule has 2 N–H and O–H groups in total. The Bertz CT molecular complexity index is 220. The third-order valence-corrected chi connectivity index (χ3v) is 2.61. The van der Waals surface area contributed by atoms with Crippen molar-refractivity contribution in [1.82, 2.24) is 4.90 Å². The van der Waals surface area contributed by atoms with Crippen LogP contribution in [-0.4, -0.2) is 34.6 Å². The molecule has 0 saturated carbocycles. The van der Waals surface area contributed by atoms with Crippen LogP contribution in [0.5, 0.6) is 0 Å². The van der Waals surface area contributed by atoms with Crippen molar-refractivity contribution in [2.45, 2.75) is 25.3 Å². The highest BCUT2D eigenvalue weighted by molar-refractivity contribution is 9.09. The summed E-state index contributed by atoms with van der Waals surface area (Å²) in [4.78, 5) is 24.0. The van der Waals surface area contributed by atoms with Crippen LogP contribution in [0.3, 0.4) is 0 Å². The van der Waals surface area contributed by atoms with Gasteiger partial charge in [0, 0.05) is 18.3 Å². The van der Waals surface area contributed by atoms with E-state index >= 15 is 0 Å². The van der Waals surface area contributed by atoms with Gasteiger partial charge in [0.2, 0.25) is 11.8 Å². The van der Waals surface area contributed by atoms with Crippen LogP contribution in [0.15, 0.2) is 0 Å². The second-order valence-corrected chi connectivity index (χ2v) is 3.88. The molecule has 74 valence electrons. The predicted octanol–water partition coefficient (Wildman–Crippen LogP) is 0.248. The van der Waals surface area contributed by atoms with Crippen molar-refractivity contribution in [1.29, 1.82) is 0 Å². The molecule has 4 nitrogen and oxygen atoms in total. The lowest BCUT2D eigenvalue weighted by molar-refractivity contribution is -0.136. The van der Waals surface area contributed by atoms with Crippen LogP contribution in [0.4, 0.5) is 0 Å². The summed E-state index contributed by atoms with van der Waals surface area (Å²) in [6.45, 7) is 0.666. The van der Waals surface area contributed by atoms with Crippen molar-refractivity contribution in [2.24, 2.45) is 5.73 Å². The summed E-state index contributed by atoms with van der Waals surface area (Å²) in [5.74, 6) is -0.376. The molecule has 0 radical (unpaired) electrons. The number of carbonyl (C=O) groups excluding carboxylic acids is 2. The fourth-order valence-corrected chi connectivity index (χ4v) is 1.92. The number of hydrogen-bond donors (Lipinski definition) is 1. The number of primary amides is 1. The Morgan fingerprint density at radius 1 is 1.54 bits per heavy atom. The maximum atomic E-state index is 11.4. The fraction of sp³-hybridized carbons (Fsp3) is 0.750. The SMILES string of the molecule is NC(=O)[C@@H]1CCCN1C(=O)CCBr. The predicted molar refractivity (Wildman–Crippen MR) is 52.3 cm³/mol. The van der Waals surface area contributed by atoms with Crippen LogP contribution in [0.2, 0.25) is 0 Å². The van der Waals surface area contributed by atoms with Crippen molar-refractivity contribution in [3.63, 3.8) is 0 Å². The molecule has 1 rings (SSSR count). The van der Waals surface area contributed by atoms with Gasteiger partial charge >= 0.3 is 0 Å². The summed E-state index contributed by atoms with van der Waals surface area (Å²) < 4.78 is 0. The number of amides is 2. The first kappa shape index (κ1) is 10.5. The van der Waals surface area contributed by atoms with Crippen LogP contribution in [-0.2, 0) is 9.59 Å². The summed E-state index contributed by atoms with van der Waals surface area (Å²) in [5, 5.41) is 0.633. The van der Waals surface area contributed by atoms with Gasteiger partial charge in [-0.15, -0.1) is 0 Å². The normalized spacial score (nSPS) is 21.9. The van der Waals surface area contributed by atoms with Crippen LogP contribution in [0.1, 0.15) is 19.3 Å². The lowest BCUT2D eigenvalue weighted by Gasteiger charge is -2.21. The van der Waals surface area contributed by atoms with Crippen molar-refractivity contribution in [3.05, 3.63) is 0 Å². The number of likely N-dealkylation sites (tertiary alicyclic amines) is 1. The Labute approximate surface area is 85.6 Å². The third kappa shape index (κ3) is 2.43. The largest absolute Gasteiger partial charge is 0.368 e. The first-order valence-corrected chi connectivity index (χ1v) is 5.43. The van der Waals surface area contributed by atoms with Crippen LogP contribution in [0, 0.1) is 0 Å². The molecule has 0 aliphatic carbocycles. The Balaban J connectivity index is 2.57. The van der Waals surface area contributed by atoms with E-state index in [0.29, 0.717) is 24.7 Å². The Hall–Kier alpha value is -0.580. The number of carbonyl (C=O) groups is 2. The van der Waals surface area contributed by atoms with Gasteiger partial charge in [-0.25, -0.2) is 0 Å². The van der Waals surface area contributed by atoms with Gasteiger partial charge in [-0.1, -0.05) is 15.9 Å². The highest BCUT2D eigenvalue weighted by Crippen LogP contribution is 2.17. The second-order valence-electron chi connectivity index (χ2n) is 3.09. The monoisotopic (exact) mass is 248 g/mol. The number of halogens is 1. The van der Waals surface area contributed by atoms with Crippen molar-refractivity contribution >= 4 is 27.7 Å². The van der Waals surface area contributed by atoms with Gasteiger partial charge < -0.3 is 10.6 Å². The maximum Gasteiger partial charge on any atom is 0.240 e. The summed E-state index contributed by atoms with van der Waals surface area (Å²) >= 11 is 3.19. The molecule has 5 heteroatoms. The first-order valence-electron chi connectivity index (χ1n) is 4.31. The zero-order chi connectivity index (χ0) is 9.84. The lowest BCUT2D eigenvalue weighted by atomic mass is 10.2. The topological polar surface area (TPSA) is 63.4 Å². The molecule has 1 aliphatic heterocycles. The molecule has 0 aromatic rings. The molecule has 13 heavy (non-hydrogen) atoms. The number of rotatable bonds is 3. The summed E-state index contributed by atoms with van der Waals surface area (Å²) in [5.41, 5.74) is 5.18. The van der Waals surface area contributed by atoms with Gasteiger partial charge in [-0.05, 0) is 12.8 Å². The van der Waals surface area contributed by atoms with Crippen molar-refractivity contribution in [3.8, 4) is 0 Å². The van der Waals surface area contributed by atoms with E-state index in [0.717, 1.165) is 6.42 Å². The van der Waals surface area contributed by atoms with E-state index in [9.17, 15) is 9.59 Å². The van der Waals surface area contributed by atoms with Crippen molar-refractivity contribution < 1.29 is 9.59 Å². The average molecular weight is 249 g/mol. The van der Waals surface area contributed by atoms with Gasteiger partial charge in [-0.2, -0.15) is 0 Å². The smallest absolute Gasteiger partial charge is 0.240 e. The van der Waals surface area contributed by atoms with Crippen LogP contribution >= 0.6 is 15.9 Å². The quantitative estimate of drug-likeness (QED) is 0.728. The summed E-state index contributed by atoms with van der Waals surface area (Å²) in [7, 11) is 0. The number of nitrogens with zero attached hydrogens (tertiary/aromatic N) is 1. The molecule has 1 heterocycles. The molecule has 1 fully saturated rings. The third-order valence-electron chi connectivity index (χ3n) is 2.21. The Morgan fingerprint density at radius 3 is 2.77 bits per heavy atom. The summed E-state index contributed by atoms with van der Waals surface area (Å²) in [6, 6.07) is -0.369. The highest BCUT2D eigenvalue weighted by Gasteiger charge is 2.31. The van der Waals surface area contributed by atoms with E-state index in [-0.39, 0.29) is 17.9 Å².